The SMILES string of the molecule is C[Si](C)(C)O[Si](C)(CCCCOc1ccc(N)cc1)CCCCOc1ccc(N)cc1. The monoisotopic (exact) mass is 460 g/mol. The Morgan fingerprint density at radius 1 is 0.613 bits per heavy atom. The fourth-order valence-corrected chi connectivity index (χ4v) is 12.7. The third kappa shape index (κ3) is 10.8. The van der Waals surface area contributed by atoms with Crippen LogP contribution in [0.15, 0.2) is 48.5 Å². The molecule has 7 heteroatoms. The highest BCUT2D eigenvalue weighted by molar-refractivity contribution is 6.84. The van der Waals surface area contributed by atoms with Crippen LogP contribution in [-0.2, 0) is 4.12 Å². The number of nitrogen functional groups attached to an aromatic ring is 2. The summed E-state index contributed by atoms with van der Waals surface area (Å²) in [5.74, 6) is 1.77. The molecule has 0 saturated carbocycles. The van der Waals surface area contributed by atoms with E-state index in [1.807, 2.05) is 48.5 Å². The highest BCUT2D eigenvalue weighted by Gasteiger charge is 2.33. The lowest BCUT2D eigenvalue weighted by molar-refractivity contribution is 0.307. The van der Waals surface area contributed by atoms with Gasteiger partial charge in [0.05, 0.1) is 13.2 Å². The van der Waals surface area contributed by atoms with Crippen molar-refractivity contribution in [1.29, 1.82) is 0 Å². The topological polar surface area (TPSA) is 79.7 Å². The van der Waals surface area contributed by atoms with Gasteiger partial charge in [-0.1, -0.05) is 12.8 Å². The summed E-state index contributed by atoms with van der Waals surface area (Å²) in [5.41, 5.74) is 13.0. The number of anilines is 2. The van der Waals surface area contributed by atoms with Gasteiger partial charge in [0.2, 0.25) is 0 Å². The molecule has 0 saturated heterocycles. The lowest BCUT2D eigenvalue weighted by Crippen LogP contribution is -2.44. The Labute approximate surface area is 190 Å². The molecule has 5 nitrogen and oxygen atoms in total. The third-order valence-electron chi connectivity index (χ3n) is 5.05. The van der Waals surface area contributed by atoms with Crippen LogP contribution in [0.1, 0.15) is 25.7 Å². The number of rotatable bonds is 14. The average molecular weight is 461 g/mol. The largest absolute Gasteiger partial charge is 0.494 e. The Morgan fingerprint density at radius 2 is 1.00 bits per heavy atom. The van der Waals surface area contributed by atoms with E-state index in [4.69, 9.17) is 25.1 Å². The van der Waals surface area contributed by atoms with Gasteiger partial charge in [0, 0.05) is 11.4 Å². The van der Waals surface area contributed by atoms with E-state index in [0.717, 1.165) is 61.8 Å². The molecule has 0 aliphatic rings. The molecule has 2 aromatic carbocycles. The zero-order valence-corrected chi connectivity index (χ0v) is 21.7. The van der Waals surface area contributed by atoms with Gasteiger partial charge in [-0.2, -0.15) is 0 Å². The van der Waals surface area contributed by atoms with E-state index in [1.165, 1.54) is 12.1 Å². The molecule has 0 aliphatic heterocycles. The molecule has 172 valence electrons. The Bertz CT molecular complexity index is 706. The smallest absolute Gasteiger partial charge is 0.176 e. The van der Waals surface area contributed by atoms with Crippen LogP contribution in [0.4, 0.5) is 11.4 Å². The van der Waals surface area contributed by atoms with Crippen molar-refractivity contribution in [3.63, 3.8) is 0 Å². The minimum Gasteiger partial charge on any atom is -0.494 e. The van der Waals surface area contributed by atoms with E-state index in [2.05, 4.69) is 26.2 Å². The van der Waals surface area contributed by atoms with Crippen molar-refractivity contribution in [2.75, 3.05) is 24.7 Å². The summed E-state index contributed by atoms with van der Waals surface area (Å²) in [5, 5.41) is 0. The van der Waals surface area contributed by atoms with Crippen molar-refractivity contribution in [2.24, 2.45) is 0 Å². The normalized spacial score (nSPS) is 12.0. The maximum atomic E-state index is 6.75. The molecular weight excluding hydrogens is 420 g/mol. The molecular formula is C24H40N2O3Si2. The first-order valence-electron chi connectivity index (χ1n) is 11.3. The Hall–Kier alpha value is -1.97. The van der Waals surface area contributed by atoms with Crippen LogP contribution >= 0.6 is 0 Å². The summed E-state index contributed by atoms with van der Waals surface area (Å²) in [6.07, 6.45) is 4.37. The first-order chi connectivity index (χ1) is 14.7. The molecule has 4 N–H and O–H groups in total. The molecule has 0 fully saturated rings. The summed E-state index contributed by atoms with van der Waals surface area (Å²) >= 11 is 0. The molecule has 0 bridgehead atoms. The summed E-state index contributed by atoms with van der Waals surface area (Å²) in [4.78, 5) is 0. The number of hydrogen-bond donors (Lipinski definition) is 2. The number of nitrogens with two attached hydrogens (primary N) is 2. The molecule has 0 radical (unpaired) electrons. The van der Waals surface area contributed by atoms with Crippen LogP contribution < -0.4 is 20.9 Å². The van der Waals surface area contributed by atoms with Crippen LogP contribution in [0.25, 0.3) is 0 Å². The van der Waals surface area contributed by atoms with E-state index in [-0.39, 0.29) is 0 Å². The zero-order chi connectivity index (χ0) is 22.7. The van der Waals surface area contributed by atoms with Gasteiger partial charge in [-0.05, 0) is 99.6 Å². The van der Waals surface area contributed by atoms with Crippen LogP contribution in [0.3, 0.4) is 0 Å². The van der Waals surface area contributed by atoms with Gasteiger partial charge < -0.3 is 25.1 Å². The van der Waals surface area contributed by atoms with Gasteiger partial charge in [-0.25, -0.2) is 0 Å². The van der Waals surface area contributed by atoms with E-state index in [1.54, 1.807) is 0 Å². The molecule has 2 aromatic rings. The number of hydrogen-bond acceptors (Lipinski definition) is 5. The fraction of sp³-hybridized carbons (Fsp3) is 0.500. The highest BCUT2D eigenvalue weighted by Crippen LogP contribution is 2.27. The van der Waals surface area contributed by atoms with Gasteiger partial charge >= 0.3 is 0 Å². The van der Waals surface area contributed by atoms with Crippen molar-refractivity contribution < 1.29 is 13.6 Å². The van der Waals surface area contributed by atoms with Gasteiger partial charge in [-0.3, -0.25) is 0 Å². The minimum atomic E-state index is -1.74. The standard InChI is InChI=1S/C24H40N2O3Si2/c1-30(2,3)29-31(4,19-7-5-17-27-23-13-9-21(25)10-14-23)20-8-6-18-28-24-15-11-22(26)12-16-24/h9-16H,5-8,17-20,25-26H2,1-4H3. The van der Waals surface area contributed by atoms with Crippen LogP contribution in [0.5, 0.6) is 11.5 Å². The zero-order valence-electron chi connectivity index (χ0n) is 19.7. The molecule has 31 heavy (non-hydrogen) atoms. The predicted molar refractivity (Wildman–Crippen MR) is 137 cm³/mol. The first kappa shape index (κ1) is 25.3. The van der Waals surface area contributed by atoms with Crippen molar-refractivity contribution >= 4 is 28.0 Å². The van der Waals surface area contributed by atoms with Crippen molar-refractivity contribution in [2.45, 2.75) is 64.0 Å². The maximum absolute atomic E-state index is 6.75. The van der Waals surface area contributed by atoms with Crippen LogP contribution in [0.2, 0.25) is 38.3 Å². The van der Waals surface area contributed by atoms with Crippen molar-refractivity contribution in [3.8, 4) is 11.5 Å². The van der Waals surface area contributed by atoms with Crippen LogP contribution in [0, 0.1) is 0 Å². The maximum Gasteiger partial charge on any atom is 0.176 e. The third-order valence-corrected chi connectivity index (χ3v) is 12.3. The summed E-state index contributed by atoms with van der Waals surface area (Å²) in [7, 11) is -3.31. The number of ether oxygens (including phenoxy) is 2. The summed E-state index contributed by atoms with van der Waals surface area (Å²) in [6, 6.07) is 17.6. The lowest BCUT2D eigenvalue weighted by atomic mass is 10.3. The molecule has 2 rings (SSSR count). The Balaban J connectivity index is 1.71. The van der Waals surface area contributed by atoms with Gasteiger partial charge in [-0.15, -0.1) is 0 Å². The molecule has 0 spiro atoms. The Morgan fingerprint density at radius 3 is 1.35 bits per heavy atom. The molecule has 0 heterocycles. The molecule has 0 aliphatic carbocycles. The van der Waals surface area contributed by atoms with Gasteiger partial charge in [0.25, 0.3) is 0 Å². The van der Waals surface area contributed by atoms with Crippen molar-refractivity contribution in [3.05, 3.63) is 48.5 Å². The number of unbranched alkanes of at least 4 members (excludes halogenated alkanes) is 2. The predicted octanol–water partition coefficient (Wildman–Crippen LogP) is 6.30. The fourth-order valence-electron chi connectivity index (χ4n) is 3.68. The molecule has 0 unspecified atom stereocenters. The number of benzene rings is 2. The van der Waals surface area contributed by atoms with Crippen molar-refractivity contribution in [1.82, 2.24) is 0 Å². The quantitative estimate of drug-likeness (QED) is 0.196. The second kappa shape index (κ2) is 12.2. The Kier molecular flexibility index (Phi) is 9.93. The molecule has 0 atom stereocenters. The second-order valence-electron chi connectivity index (χ2n) is 9.41. The minimum absolute atomic E-state index is 0.733. The van der Waals surface area contributed by atoms with Gasteiger partial charge in [0.15, 0.2) is 16.6 Å². The molecule has 0 aromatic heterocycles. The highest BCUT2D eigenvalue weighted by atomic mass is 28.4. The molecule has 0 amide bonds. The van der Waals surface area contributed by atoms with E-state index in [0.29, 0.717) is 0 Å². The lowest BCUT2D eigenvalue weighted by Gasteiger charge is -2.35. The van der Waals surface area contributed by atoms with E-state index < -0.39 is 16.6 Å². The summed E-state index contributed by atoms with van der Waals surface area (Å²) < 4.78 is 18.4. The summed E-state index contributed by atoms with van der Waals surface area (Å²) in [6.45, 7) is 10.8. The average Bonchev–Trinajstić information content (AvgIpc) is 2.69. The van der Waals surface area contributed by atoms with Crippen LogP contribution in [-0.4, -0.2) is 29.8 Å². The van der Waals surface area contributed by atoms with E-state index >= 15 is 0 Å². The second-order valence-corrected chi connectivity index (χ2v) is 18.4. The first-order valence-corrected chi connectivity index (χ1v) is 17.6. The van der Waals surface area contributed by atoms with E-state index in [9.17, 15) is 0 Å². The van der Waals surface area contributed by atoms with Gasteiger partial charge in [0.1, 0.15) is 11.5 Å².